The molecule has 11 nitrogen and oxygen atoms in total. The molecule has 0 aliphatic carbocycles. The van der Waals surface area contributed by atoms with Crippen LogP contribution in [0.3, 0.4) is 0 Å². The SMILES string of the molecule is [N-]=[N+]=NCCOCCOCCO[C@H]1O[C@H](CO)[C@@H](O)[C@H](O)[C@@H]1O. The van der Waals surface area contributed by atoms with Gasteiger partial charge in [0.1, 0.15) is 24.4 Å². The molecule has 0 aromatic heterocycles. The van der Waals surface area contributed by atoms with Crippen molar-refractivity contribution in [2.24, 2.45) is 5.11 Å². The van der Waals surface area contributed by atoms with Crippen LogP contribution >= 0.6 is 0 Å². The summed E-state index contributed by atoms with van der Waals surface area (Å²) in [6, 6.07) is 0. The molecule has 1 aliphatic rings. The van der Waals surface area contributed by atoms with Crippen molar-refractivity contribution in [1.82, 2.24) is 0 Å². The fourth-order valence-electron chi connectivity index (χ4n) is 1.90. The first-order chi connectivity index (χ1) is 11.1. The third-order valence-corrected chi connectivity index (χ3v) is 3.13. The summed E-state index contributed by atoms with van der Waals surface area (Å²) < 4.78 is 20.7. The van der Waals surface area contributed by atoms with Gasteiger partial charge in [-0.25, -0.2) is 0 Å². The minimum Gasteiger partial charge on any atom is -0.394 e. The number of rotatable bonds is 11. The Hall–Kier alpha value is -1.01. The third-order valence-electron chi connectivity index (χ3n) is 3.13. The molecule has 1 saturated heterocycles. The highest BCUT2D eigenvalue weighted by Crippen LogP contribution is 2.21. The van der Waals surface area contributed by atoms with Crippen LogP contribution in [0.15, 0.2) is 5.11 Å². The molecular formula is C12H23N3O8. The van der Waals surface area contributed by atoms with Crippen LogP contribution in [0.4, 0.5) is 0 Å². The van der Waals surface area contributed by atoms with E-state index in [0.717, 1.165) is 0 Å². The Labute approximate surface area is 133 Å². The maximum atomic E-state index is 9.73. The number of aliphatic hydroxyl groups is 4. The Morgan fingerprint density at radius 1 is 0.957 bits per heavy atom. The molecule has 11 heteroatoms. The van der Waals surface area contributed by atoms with Gasteiger partial charge in [-0.1, -0.05) is 5.11 Å². The average molecular weight is 337 g/mol. The monoisotopic (exact) mass is 337 g/mol. The predicted octanol–water partition coefficient (Wildman–Crippen LogP) is -1.85. The van der Waals surface area contributed by atoms with Gasteiger partial charge in [-0.3, -0.25) is 0 Å². The van der Waals surface area contributed by atoms with Gasteiger partial charge in [-0.15, -0.1) is 0 Å². The van der Waals surface area contributed by atoms with Gasteiger partial charge in [-0.05, 0) is 5.53 Å². The Morgan fingerprint density at radius 2 is 1.61 bits per heavy atom. The smallest absolute Gasteiger partial charge is 0.186 e. The number of hydrogen-bond acceptors (Lipinski definition) is 9. The molecule has 1 heterocycles. The summed E-state index contributed by atoms with van der Waals surface area (Å²) in [5.74, 6) is 0. The summed E-state index contributed by atoms with van der Waals surface area (Å²) in [5.41, 5.74) is 8.05. The minimum absolute atomic E-state index is 0.0847. The molecule has 0 bridgehead atoms. The van der Waals surface area contributed by atoms with E-state index in [9.17, 15) is 15.3 Å². The van der Waals surface area contributed by atoms with Crippen molar-refractivity contribution < 1.29 is 39.4 Å². The number of azide groups is 1. The van der Waals surface area contributed by atoms with Gasteiger partial charge in [0.25, 0.3) is 0 Å². The van der Waals surface area contributed by atoms with Crippen LogP contribution in [0.2, 0.25) is 0 Å². The van der Waals surface area contributed by atoms with E-state index >= 15 is 0 Å². The lowest BCUT2D eigenvalue weighted by molar-refractivity contribution is -0.302. The van der Waals surface area contributed by atoms with Gasteiger partial charge in [0.15, 0.2) is 6.29 Å². The highest BCUT2D eigenvalue weighted by molar-refractivity contribution is 4.88. The molecule has 134 valence electrons. The number of nitrogens with zero attached hydrogens (tertiary/aromatic N) is 3. The van der Waals surface area contributed by atoms with E-state index < -0.39 is 37.3 Å². The number of ether oxygens (including phenoxy) is 4. The molecule has 1 fully saturated rings. The first-order valence-electron chi connectivity index (χ1n) is 7.20. The van der Waals surface area contributed by atoms with Gasteiger partial charge >= 0.3 is 0 Å². The van der Waals surface area contributed by atoms with Crippen LogP contribution in [0, 0.1) is 0 Å². The Kier molecular flexibility index (Phi) is 10.0. The van der Waals surface area contributed by atoms with Crippen LogP contribution in [0.25, 0.3) is 10.4 Å². The lowest BCUT2D eigenvalue weighted by Crippen LogP contribution is -2.59. The van der Waals surface area contributed by atoms with Crippen molar-refractivity contribution in [3.8, 4) is 0 Å². The summed E-state index contributed by atoms with van der Waals surface area (Å²) in [4.78, 5) is 2.58. The maximum absolute atomic E-state index is 9.73. The molecule has 0 aromatic carbocycles. The van der Waals surface area contributed by atoms with E-state index in [1.54, 1.807) is 0 Å². The van der Waals surface area contributed by atoms with Crippen LogP contribution in [-0.4, -0.2) is 97.3 Å². The fourth-order valence-corrected chi connectivity index (χ4v) is 1.90. The topological polar surface area (TPSA) is 167 Å². The zero-order valence-corrected chi connectivity index (χ0v) is 12.6. The van der Waals surface area contributed by atoms with E-state index in [2.05, 4.69) is 10.0 Å². The summed E-state index contributed by atoms with van der Waals surface area (Å²) in [5, 5.41) is 41.2. The van der Waals surface area contributed by atoms with Crippen LogP contribution in [0.1, 0.15) is 0 Å². The van der Waals surface area contributed by atoms with Crippen LogP contribution in [0.5, 0.6) is 0 Å². The first-order valence-corrected chi connectivity index (χ1v) is 7.20. The second-order valence-corrected chi connectivity index (χ2v) is 4.75. The standard InChI is InChI=1S/C12H23N3O8/c13-15-14-1-2-20-3-4-21-5-6-22-12-11(19)10(18)9(17)8(7-16)23-12/h8-12,16-19H,1-7H2/t8-,9-,10+,11+,12+/m1/s1. The van der Waals surface area contributed by atoms with E-state index in [1.165, 1.54) is 0 Å². The summed E-state index contributed by atoms with van der Waals surface area (Å²) in [6.07, 6.45) is -6.44. The zero-order valence-electron chi connectivity index (χ0n) is 12.6. The number of aliphatic hydroxyl groups excluding tert-OH is 4. The van der Waals surface area contributed by atoms with Crippen molar-refractivity contribution in [1.29, 1.82) is 0 Å². The van der Waals surface area contributed by atoms with Gasteiger partial charge in [0.2, 0.25) is 0 Å². The molecule has 1 aliphatic heterocycles. The lowest BCUT2D eigenvalue weighted by atomic mass is 9.99. The average Bonchev–Trinajstić information content (AvgIpc) is 2.56. The van der Waals surface area contributed by atoms with Crippen LogP contribution < -0.4 is 0 Å². The molecule has 4 N–H and O–H groups in total. The van der Waals surface area contributed by atoms with E-state index in [4.69, 9.17) is 29.6 Å². The zero-order chi connectivity index (χ0) is 17.1. The molecular weight excluding hydrogens is 314 g/mol. The minimum atomic E-state index is -1.46. The molecule has 23 heavy (non-hydrogen) atoms. The largest absolute Gasteiger partial charge is 0.394 e. The first kappa shape index (κ1) is 20.0. The van der Waals surface area contributed by atoms with Crippen molar-refractivity contribution in [3.63, 3.8) is 0 Å². The molecule has 0 spiro atoms. The van der Waals surface area contributed by atoms with Crippen molar-refractivity contribution in [2.45, 2.75) is 30.7 Å². The molecule has 0 radical (unpaired) electrons. The van der Waals surface area contributed by atoms with E-state index in [-0.39, 0.29) is 19.8 Å². The Morgan fingerprint density at radius 3 is 2.26 bits per heavy atom. The molecule has 0 saturated carbocycles. The second-order valence-electron chi connectivity index (χ2n) is 4.75. The molecule has 0 aromatic rings. The maximum Gasteiger partial charge on any atom is 0.186 e. The molecule has 0 amide bonds. The quantitative estimate of drug-likeness (QED) is 0.147. The van der Waals surface area contributed by atoms with Crippen LogP contribution in [-0.2, 0) is 18.9 Å². The van der Waals surface area contributed by atoms with E-state index in [1.807, 2.05) is 0 Å². The Balaban J connectivity index is 2.09. The molecule has 1 rings (SSSR count). The highest BCUT2D eigenvalue weighted by Gasteiger charge is 2.43. The predicted molar refractivity (Wildman–Crippen MR) is 75.4 cm³/mol. The molecule has 0 unspecified atom stereocenters. The van der Waals surface area contributed by atoms with Gasteiger partial charge < -0.3 is 39.4 Å². The fraction of sp³-hybridized carbons (Fsp3) is 1.00. The number of hydrogen-bond donors (Lipinski definition) is 4. The lowest BCUT2D eigenvalue weighted by Gasteiger charge is -2.39. The Bertz CT molecular complexity index is 366. The summed E-state index contributed by atoms with van der Waals surface area (Å²) >= 11 is 0. The van der Waals surface area contributed by atoms with Crippen molar-refractivity contribution in [2.75, 3.05) is 46.2 Å². The highest BCUT2D eigenvalue weighted by atomic mass is 16.7. The van der Waals surface area contributed by atoms with Gasteiger partial charge in [-0.2, -0.15) is 0 Å². The van der Waals surface area contributed by atoms with Gasteiger partial charge in [0, 0.05) is 11.5 Å². The van der Waals surface area contributed by atoms with Crippen molar-refractivity contribution >= 4 is 0 Å². The summed E-state index contributed by atoms with van der Waals surface area (Å²) in [7, 11) is 0. The normalized spacial score (nSPS) is 30.9. The molecule has 5 atom stereocenters. The second kappa shape index (κ2) is 11.5. The van der Waals surface area contributed by atoms with Gasteiger partial charge in [0.05, 0.1) is 39.6 Å². The van der Waals surface area contributed by atoms with Crippen molar-refractivity contribution in [3.05, 3.63) is 10.4 Å². The third kappa shape index (κ3) is 6.96. The summed E-state index contributed by atoms with van der Waals surface area (Å²) in [6.45, 7) is 1.01. The van der Waals surface area contributed by atoms with E-state index in [0.29, 0.717) is 19.8 Å².